The summed E-state index contributed by atoms with van der Waals surface area (Å²) < 4.78 is 40.4. The Balaban J connectivity index is 1.30. The lowest BCUT2D eigenvalue weighted by atomic mass is 10.2. The molecule has 0 aromatic heterocycles. The van der Waals surface area contributed by atoms with Crippen molar-refractivity contribution in [3.63, 3.8) is 0 Å². The Bertz CT molecular complexity index is 1260. The first kappa shape index (κ1) is 28.6. The van der Waals surface area contributed by atoms with E-state index in [0.717, 1.165) is 22.7 Å². The maximum absolute atomic E-state index is 15.1. The van der Waals surface area contributed by atoms with Crippen LogP contribution in [0, 0.1) is 11.6 Å². The van der Waals surface area contributed by atoms with E-state index < -0.39 is 42.3 Å². The zero-order valence-electron chi connectivity index (χ0n) is 22.5. The summed E-state index contributed by atoms with van der Waals surface area (Å²) in [4.78, 5) is 54.2. The third kappa shape index (κ3) is 6.58. The van der Waals surface area contributed by atoms with Crippen molar-refractivity contribution in [1.82, 2.24) is 10.2 Å². The molecular formula is C27H31F2N5O6. The highest BCUT2D eigenvalue weighted by Crippen LogP contribution is 2.31. The van der Waals surface area contributed by atoms with Gasteiger partial charge < -0.3 is 29.5 Å². The standard InChI is InChI=1S/C27H31F2N5O6/c1-17(35)30-14-21-15-34(27(38)40-21)20-12-22(28)25(23(29)13-20)33-10-8-32(9-11-33)24(36)16-39-26(37)18-4-6-19(7-5-18)31(2)3/h4-7,12-13,21H,8-11,14-16H2,1-3H3,(H,30,35). The van der Waals surface area contributed by atoms with Gasteiger partial charge >= 0.3 is 12.1 Å². The van der Waals surface area contributed by atoms with Crippen LogP contribution >= 0.6 is 0 Å². The number of piperazine rings is 1. The quantitative estimate of drug-likeness (QED) is 0.489. The van der Waals surface area contributed by atoms with E-state index in [1.807, 2.05) is 19.0 Å². The molecule has 1 atom stereocenters. The highest BCUT2D eigenvalue weighted by molar-refractivity contribution is 5.92. The van der Waals surface area contributed by atoms with Crippen molar-refractivity contribution < 1.29 is 37.4 Å². The second kappa shape index (κ2) is 12.2. The van der Waals surface area contributed by atoms with E-state index in [1.165, 1.54) is 16.7 Å². The van der Waals surface area contributed by atoms with Crippen LogP contribution in [0.25, 0.3) is 0 Å². The highest BCUT2D eigenvalue weighted by Gasteiger charge is 2.34. The van der Waals surface area contributed by atoms with Crippen LogP contribution in [0.1, 0.15) is 17.3 Å². The Hall–Kier alpha value is -4.42. The molecular weight excluding hydrogens is 528 g/mol. The summed E-state index contributed by atoms with van der Waals surface area (Å²) in [5.41, 5.74) is 0.980. The summed E-state index contributed by atoms with van der Waals surface area (Å²) >= 11 is 0. The number of nitrogens with one attached hydrogen (secondary N) is 1. The number of cyclic esters (lactones) is 1. The first-order valence-corrected chi connectivity index (χ1v) is 12.7. The van der Waals surface area contributed by atoms with Crippen LogP contribution in [-0.4, -0.2) is 94.9 Å². The second-order valence-corrected chi connectivity index (χ2v) is 9.70. The van der Waals surface area contributed by atoms with Crippen LogP contribution in [0.4, 0.5) is 30.6 Å². The summed E-state index contributed by atoms with van der Waals surface area (Å²) in [6.45, 7) is 1.68. The summed E-state index contributed by atoms with van der Waals surface area (Å²) in [6.07, 6.45) is -1.41. The highest BCUT2D eigenvalue weighted by atomic mass is 19.1. The number of anilines is 3. The maximum atomic E-state index is 15.1. The van der Waals surface area contributed by atoms with Crippen LogP contribution in [0.2, 0.25) is 0 Å². The Labute approximate surface area is 230 Å². The van der Waals surface area contributed by atoms with Gasteiger partial charge in [-0.3, -0.25) is 14.5 Å². The molecule has 0 spiro atoms. The number of carbonyl (C=O) groups is 4. The minimum absolute atomic E-state index is 0.000981. The number of esters is 1. The van der Waals surface area contributed by atoms with Gasteiger partial charge in [-0.15, -0.1) is 0 Å². The van der Waals surface area contributed by atoms with Gasteiger partial charge in [0.15, 0.2) is 18.2 Å². The van der Waals surface area contributed by atoms with Crippen molar-refractivity contribution in [2.24, 2.45) is 0 Å². The first-order valence-electron chi connectivity index (χ1n) is 12.7. The van der Waals surface area contributed by atoms with E-state index in [1.54, 1.807) is 24.3 Å². The third-order valence-corrected chi connectivity index (χ3v) is 6.66. The Morgan fingerprint density at radius 1 is 1.05 bits per heavy atom. The van der Waals surface area contributed by atoms with Crippen molar-refractivity contribution in [2.45, 2.75) is 13.0 Å². The van der Waals surface area contributed by atoms with Gasteiger partial charge in [-0.25, -0.2) is 18.4 Å². The number of hydrogen-bond acceptors (Lipinski definition) is 8. The molecule has 1 unspecified atom stereocenters. The molecule has 0 saturated carbocycles. The van der Waals surface area contributed by atoms with Gasteiger partial charge in [-0.1, -0.05) is 0 Å². The fourth-order valence-electron chi connectivity index (χ4n) is 4.48. The monoisotopic (exact) mass is 559 g/mol. The minimum atomic E-state index is -0.859. The lowest BCUT2D eigenvalue weighted by Gasteiger charge is -2.36. The van der Waals surface area contributed by atoms with E-state index >= 15 is 8.78 Å². The molecule has 2 saturated heterocycles. The van der Waals surface area contributed by atoms with E-state index in [4.69, 9.17) is 9.47 Å². The molecule has 2 aliphatic heterocycles. The number of halogens is 2. The lowest BCUT2D eigenvalue weighted by Crippen LogP contribution is -2.50. The minimum Gasteiger partial charge on any atom is -0.452 e. The Kier molecular flexibility index (Phi) is 8.70. The van der Waals surface area contributed by atoms with E-state index in [9.17, 15) is 19.2 Å². The fourth-order valence-corrected chi connectivity index (χ4v) is 4.48. The molecule has 214 valence electrons. The summed E-state index contributed by atoms with van der Waals surface area (Å²) in [5, 5.41) is 2.54. The van der Waals surface area contributed by atoms with Crippen LogP contribution in [0.3, 0.4) is 0 Å². The number of rotatable bonds is 8. The molecule has 2 heterocycles. The zero-order valence-corrected chi connectivity index (χ0v) is 22.5. The SMILES string of the molecule is CC(=O)NCC1CN(c2cc(F)c(N3CCN(C(=O)COC(=O)c4ccc(N(C)C)cc4)CC3)c(F)c2)C(=O)O1. The molecule has 0 bridgehead atoms. The average Bonchev–Trinajstić information content (AvgIpc) is 3.30. The normalized spacial score (nSPS) is 17.0. The number of ether oxygens (including phenoxy) is 2. The Morgan fingerprint density at radius 2 is 1.68 bits per heavy atom. The van der Waals surface area contributed by atoms with Gasteiger partial charge in [0, 0.05) is 65.0 Å². The molecule has 1 N–H and O–H groups in total. The van der Waals surface area contributed by atoms with Crippen LogP contribution in [0.15, 0.2) is 36.4 Å². The smallest absolute Gasteiger partial charge is 0.414 e. The van der Waals surface area contributed by atoms with E-state index in [-0.39, 0.29) is 56.6 Å². The van der Waals surface area contributed by atoms with Crippen molar-refractivity contribution in [3.05, 3.63) is 53.6 Å². The zero-order chi connectivity index (χ0) is 29.0. The molecule has 13 heteroatoms. The Morgan fingerprint density at radius 3 is 2.25 bits per heavy atom. The molecule has 2 aliphatic rings. The number of carbonyl (C=O) groups excluding carboxylic acids is 4. The predicted molar refractivity (Wildman–Crippen MR) is 143 cm³/mol. The molecule has 0 radical (unpaired) electrons. The van der Waals surface area contributed by atoms with Crippen LogP contribution in [0.5, 0.6) is 0 Å². The molecule has 3 amide bonds. The van der Waals surface area contributed by atoms with Crippen molar-refractivity contribution in [1.29, 1.82) is 0 Å². The van der Waals surface area contributed by atoms with Gasteiger partial charge in [0.2, 0.25) is 5.91 Å². The fraction of sp³-hybridized carbons (Fsp3) is 0.407. The first-order chi connectivity index (χ1) is 19.0. The lowest BCUT2D eigenvalue weighted by molar-refractivity contribution is -0.134. The summed E-state index contributed by atoms with van der Waals surface area (Å²) in [5.74, 6) is -3.03. The topological polar surface area (TPSA) is 112 Å². The molecule has 4 rings (SSSR count). The van der Waals surface area contributed by atoms with Gasteiger partial charge in [-0.05, 0) is 24.3 Å². The molecule has 0 aliphatic carbocycles. The van der Waals surface area contributed by atoms with Crippen molar-refractivity contribution >= 4 is 40.9 Å². The largest absolute Gasteiger partial charge is 0.452 e. The predicted octanol–water partition coefficient (Wildman–Crippen LogP) is 2.00. The van der Waals surface area contributed by atoms with Crippen molar-refractivity contribution in [2.75, 3.05) is 74.7 Å². The number of amides is 3. The number of nitrogens with zero attached hydrogens (tertiary/aromatic N) is 4. The van der Waals surface area contributed by atoms with Gasteiger partial charge in [0.25, 0.3) is 5.91 Å². The number of hydrogen-bond donors (Lipinski definition) is 1. The second-order valence-electron chi connectivity index (χ2n) is 9.70. The maximum Gasteiger partial charge on any atom is 0.414 e. The van der Waals surface area contributed by atoms with Crippen LogP contribution < -0.4 is 20.0 Å². The summed E-state index contributed by atoms with van der Waals surface area (Å²) in [7, 11) is 3.76. The van der Waals surface area contributed by atoms with E-state index in [2.05, 4.69) is 5.32 Å². The van der Waals surface area contributed by atoms with Crippen LogP contribution in [-0.2, 0) is 19.1 Å². The van der Waals surface area contributed by atoms with Gasteiger partial charge in [0.05, 0.1) is 24.3 Å². The van der Waals surface area contributed by atoms with Gasteiger partial charge in [0.1, 0.15) is 11.8 Å². The molecule has 2 fully saturated rings. The molecule has 11 nitrogen and oxygen atoms in total. The molecule has 2 aromatic rings. The molecule has 2 aromatic carbocycles. The average molecular weight is 560 g/mol. The third-order valence-electron chi connectivity index (χ3n) is 6.66. The van der Waals surface area contributed by atoms with E-state index in [0.29, 0.717) is 5.56 Å². The number of benzene rings is 2. The molecule has 40 heavy (non-hydrogen) atoms. The van der Waals surface area contributed by atoms with Crippen molar-refractivity contribution in [3.8, 4) is 0 Å². The summed E-state index contributed by atoms with van der Waals surface area (Å²) in [6, 6.07) is 8.89. The van der Waals surface area contributed by atoms with Gasteiger partial charge in [-0.2, -0.15) is 0 Å².